The number of urea groups is 1. The average Bonchev–Trinajstić information content (AvgIpc) is 2.11. The third-order valence-electron chi connectivity index (χ3n) is 4.96. The van der Waals surface area contributed by atoms with Gasteiger partial charge in [-0.15, -0.1) is 0 Å². The molecule has 0 radical (unpaired) electrons. The van der Waals surface area contributed by atoms with Gasteiger partial charge in [0.15, 0.2) is 0 Å². The Kier molecular flexibility index (Phi) is 2.42. The van der Waals surface area contributed by atoms with Gasteiger partial charge >= 0.3 is 6.03 Å². The van der Waals surface area contributed by atoms with Gasteiger partial charge in [-0.25, -0.2) is 4.79 Å². The summed E-state index contributed by atoms with van der Waals surface area (Å²) in [5, 5.41) is 2.22. The number of hydrogen-bond donors (Lipinski definition) is 2. The van der Waals surface area contributed by atoms with E-state index < -0.39 is 6.03 Å². The maximum Gasteiger partial charge on any atom is 0.318 e. The van der Waals surface area contributed by atoms with Crippen LogP contribution in [0.5, 0.6) is 0 Å². The minimum absolute atomic E-state index is 0.181. The number of primary amides is 1. The van der Waals surface area contributed by atoms with Gasteiger partial charge in [0.1, 0.15) is 0 Å². The van der Waals surface area contributed by atoms with E-state index in [1.807, 2.05) is 0 Å². The number of rotatable bonds is 2. The molecule has 4 nitrogen and oxygen atoms in total. The minimum atomic E-state index is -0.722. The van der Waals surface area contributed by atoms with E-state index in [-0.39, 0.29) is 11.3 Å². The highest BCUT2D eigenvalue weighted by Crippen LogP contribution is 2.61. The van der Waals surface area contributed by atoms with Crippen LogP contribution in [0.25, 0.3) is 0 Å². The fraction of sp³-hybridized carbons (Fsp3) is 0.846. The number of carbonyl (C=O) groups is 2. The Morgan fingerprint density at radius 2 is 1.53 bits per heavy atom. The van der Waals surface area contributed by atoms with Crippen LogP contribution in [0.4, 0.5) is 4.79 Å². The Morgan fingerprint density at radius 3 is 1.94 bits per heavy atom. The molecule has 4 fully saturated rings. The van der Waals surface area contributed by atoms with Gasteiger partial charge in [0.25, 0.3) is 0 Å². The fourth-order valence-electron chi connectivity index (χ4n) is 5.03. The van der Waals surface area contributed by atoms with E-state index in [2.05, 4.69) is 5.32 Å². The van der Waals surface area contributed by atoms with Gasteiger partial charge in [-0.05, 0) is 61.7 Å². The Balaban J connectivity index is 1.70. The Labute approximate surface area is 101 Å². The summed E-state index contributed by atoms with van der Waals surface area (Å²) in [4.78, 5) is 22.4. The number of nitrogens with two attached hydrogens (primary N) is 1. The lowest BCUT2D eigenvalue weighted by Crippen LogP contribution is -2.48. The van der Waals surface area contributed by atoms with Gasteiger partial charge in [0.2, 0.25) is 5.91 Å². The van der Waals surface area contributed by atoms with Crippen LogP contribution in [0, 0.1) is 23.2 Å². The van der Waals surface area contributed by atoms with Crippen molar-refractivity contribution in [2.24, 2.45) is 28.9 Å². The number of amides is 3. The summed E-state index contributed by atoms with van der Waals surface area (Å²) in [6.07, 6.45) is 8.17. The molecular formula is C13H20N2O2. The van der Waals surface area contributed by atoms with Crippen molar-refractivity contribution in [1.82, 2.24) is 5.32 Å². The Morgan fingerprint density at radius 1 is 1.06 bits per heavy atom. The van der Waals surface area contributed by atoms with Crippen molar-refractivity contribution in [2.45, 2.75) is 44.9 Å². The summed E-state index contributed by atoms with van der Waals surface area (Å²) in [5.41, 5.74) is 5.18. The monoisotopic (exact) mass is 236 g/mol. The van der Waals surface area contributed by atoms with E-state index in [0.717, 1.165) is 17.8 Å². The second kappa shape index (κ2) is 3.72. The molecule has 94 valence electrons. The highest BCUT2D eigenvalue weighted by Gasteiger charge is 2.51. The molecule has 0 aromatic rings. The summed E-state index contributed by atoms with van der Waals surface area (Å²) in [7, 11) is 0. The summed E-state index contributed by atoms with van der Waals surface area (Å²) < 4.78 is 0. The molecular weight excluding hydrogens is 216 g/mol. The average molecular weight is 236 g/mol. The molecule has 3 amide bonds. The zero-order valence-corrected chi connectivity index (χ0v) is 10.1. The highest BCUT2D eigenvalue weighted by molar-refractivity contribution is 5.93. The van der Waals surface area contributed by atoms with E-state index >= 15 is 0 Å². The molecule has 0 aliphatic heterocycles. The van der Waals surface area contributed by atoms with Crippen LogP contribution in [-0.2, 0) is 4.79 Å². The van der Waals surface area contributed by atoms with Crippen LogP contribution >= 0.6 is 0 Å². The van der Waals surface area contributed by atoms with Crippen LogP contribution in [0.3, 0.4) is 0 Å². The Bertz CT molecular complexity index is 329. The smallest absolute Gasteiger partial charge is 0.318 e. The lowest BCUT2D eigenvalue weighted by molar-refractivity contribution is -0.128. The molecule has 4 rings (SSSR count). The number of carbonyl (C=O) groups excluding carboxylic acids is 2. The molecule has 17 heavy (non-hydrogen) atoms. The van der Waals surface area contributed by atoms with Gasteiger partial charge in [0, 0.05) is 6.42 Å². The van der Waals surface area contributed by atoms with Gasteiger partial charge in [-0.1, -0.05) is 0 Å². The van der Waals surface area contributed by atoms with Crippen LogP contribution in [-0.4, -0.2) is 11.9 Å². The van der Waals surface area contributed by atoms with Crippen LogP contribution < -0.4 is 11.1 Å². The van der Waals surface area contributed by atoms with E-state index in [0.29, 0.717) is 6.42 Å². The molecule has 0 atom stereocenters. The molecule has 0 unspecified atom stereocenters. The molecule has 3 N–H and O–H groups in total. The van der Waals surface area contributed by atoms with Crippen molar-refractivity contribution in [3.05, 3.63) is 0 Å². The molecule has 0 aromatic carbocycles. The summed E-state index contributed by atoms with van der Waals surface area (Å²) in [6.45, 7) is 0. The second-order valence-corrected chi connectivity index (χ2v) is 6.51. The van der Waals surface area contributed by atoms with Crippen LogP contribution in [0.1, 0.15) is 44.9 Å². The molecule has 4 saturated carbocycles. The van der Waals surface area contributed by atoms with Gasteiger partial charge in [0.05, 0.1) is 0 Å². The number of imide groups is 1. The quantitative estimate of drug-likeness (QED) is 0.767. The molecule has 4 aliphatic rings. The van der Waals surface area contributed by atoms with Crippen LogP contribution in [0.2, 0.25) is 0 Å². The standard InChI is InChI=1S/C13H20N2O2/c14-12(17)15-11(16)7-13-4-8-1-9(5-13)3-10(2-8)6-13/h8-10H,1-7H2,(H3,14,15,16,17). The van der Waals surface area contributed by atoms with Gasteiger partial charge in [-0.3, -0.25) is 10.1 Å². The van der Waals surface area contributed by atoms with Crippen molar-refractivity contribution in [1.29, 1.82) is 0 Å². The van der Waals surface area contributed by atoms with E-state index in [9.17, 15) is 9.59 Å². The largest absolute Gasteiger partial charge is 0.351 e. The zero-order chi connectivity index (χ0) is 12.0. The first-order valence-electron chi connectivity index (χ1n) is 6.64. The van der Waals surface area contributed by atoms with Crippen molar-refractivity contribution >= 4 is 11.9 Å². The molecule has 0 heterocycles. The third-order valence-corrected chi connectivity index (χ3v) is 4.96. The lowest BCUT2D eigenvalue weighted by Gasteiger charge is -2.56. The first-order chi connectivity index (χ1) is 8.05. The van der Waals surface area contributed by atoms with E-state index in [1.165, 1.54) is 38.5 Å². The van der Waals surface area contributed by atoms with Crippen molar-refractivity contribution in [2.75, 3.05) is 0 Å². The number of nitrogens with one attached hydrogen (secondary N) is 1. The first-order valence-corrected chi connectivity index (χ1v) is 6.64. The van der Waals surface area contributed by atoms with Gasteiger partial charge in [-0.2, -0.15) is 0 Å². The first kappa shape index (κ1) is 11.1. The lowest BCUT2D eigenvalue weighted by atomic mass is 9.49. The summed E-state index contributed by atoms with van der Waals surface area (Å²) >= 11 is 0. The predicted octanol–water partition coefficient (Wildman–Crippen LogP) is 1.79. The van der Waals surface area contributed by atoms with Crippen molar-refractivity contribution < 1.29 is 9.59 Å². The van der Waals surface area contributed by atoms with Crippen molar-refractivity contribution in [3.8, 4) is 0 Å². The zero-order valence-electron chi connectivity index (χ0n) is 10.1. The Hall–Kier alpha value is -1.06. The molecule has 4 bridgehead atoms. The van der Waals surface area contributed by atoms with E-state index in [4.69, 9.17) is 5.73 Å². The minimum Gasteiger partial charge on any atom is -0.351 e. The molecule has 4 aliphatic carbocycles. The fourth-order valence-corrected chi connectivity index (χ4v) is 5.03. The molecule has 0 aromatic heterocycles. The topological polar surface area (TPSA) is 72.2 Å². The predicted molar refractivity (Wildman–Crippen MR) is 62.9 cm³/mol. The normalized spacial score (nSPS) is 42.5. The third kappa shape index (κ3) is 2.05. The molecule has 4 heteroatoms. The van der Waals surface area contributed by atoms with E-state index in [1.54, 1.807) is 0 Å². The van der Waals surface area contributed by atoms with Crippen molar-refractivity contribution in [3.63, 3.8) is 0 Å². The summed E-state index contributed by atoms with van der Waals surface area (Å²) in [6, 6.07) is -0.722. The van der Waals surface area contributed by atoms with Crippen LogP contribution in [0.15, 0.2) is 0 Å². The van der Waals surface area contributed by atoms with Gasteiger partial charge < -0.3 is 5.73 Å². The molecule has 0 saturated heterocycles. The summed E-state index contributed by atoms with van der Waals surface area (Å²) in [5.74, 6) is 2.33. The maximum absolute atomic E-state index is 11.7. The highest BCUT2D eigenvalue weighted by atomic mass is 16.2. The SMILES string of the molecule is NC(=O)NC(=O)CC12CC3CC(CC(C3)C1)C2. The molecule has 0 spiro atoms. The number of hydrogen-bond acceptors (Lipinski definition) is 2. The maximum atomic E-state index is 11.7. The second-order valence-electron chi connectivity index (χ2n) is 6.51.